The molecule has 12 heavy (non-hydrogen) atoms. The molecule has 0 saturated carbocycles. The third kappa shape index (κ3) is 0.841. The summed E-state index contributed by atoms with van der Waals surface area (Å²) < 4.78 is 8.53. The molecule has 0 amide bonds. The lowest BCUT2D eigenvalue weighted by atomic mass is 10.4. The van der Waals surface area contributed by atoms with Gasteiger partial charge in [-0.25, -0.2) is 0 Å². The Labute approximate surface area is 70.0 Å². The van der Waals surface area contributed by atoms with E-state index in [1.54, 1.807) is 16.2 Å². The zero-order valence-corrected chi connectivity index (χ0v) is 7.20. The van der Waals surface area contributed by atoms with Crippen LogP contribution in [0.1, 0.15) is 5.69 Å². The van der Waals surface area contributed by atoms with Crippen LogP contribution in [-0.2, 0) is 13.6 Å². The predicted molar refractivity (Wildman–Crippen MR) is 42.1 cm³/mol. The summed E-state index contributed by atoms with van der Waals surface area (Å²) in [7, 11) is 1.77. The van der Waals surface area contributed by atoms with Crippen LogP contribution in [0.15, 0.2) is 10.9 Å². The number of rotatable bonds is 0. The van der Waals surface area contributed by atoms with E-state index >= 15 is 0 Å². The van der Waals surface area contributed by atoms with Crippen molar-refractivity contribution in [2.45, 2.75) is 13.5 Å². The smallest absolute Gasteiger partial charge is 0.458 e. The fourth-order valence-corrected chi connectivity index (χ4v) is 1.35. The van der Waals surface area contributed by atoms with Crippen LogP contribution in [0.2, 0.25) is 0 Å². The maximum Gasteiger partial charge on any atom is 0.500 e. The minimum absolute atomic E-state index is 0.00231. The van der Waals surface area contributed by atoms with Crippen LogP contribution in [0.3, 0.4) is 0 Å². The average molecular weight is 167 g/mol. The molecule has 0 N–H and O–H groups in total. The highest BCUT2D eigenvalue weighted by Gasteiger charge is 2.22. The normalized spacial score (nSPS) is 14.2. The number of hydrogen-bond acceptors (Lipinski definition) is 2. The average Bonchev–Trinajstić information content (AvgIpc) is 2.48. The second kappa shape index (κ2) is 2.33. The zero-order valence-electron chi connectivity index (χ0n) is 7.20. The van der Waals surface area contributed by atoms with Gasteiger partial charge < -0.3 is 4.74 Å². The molecule has 0 bridgehead atoms. The van der Waals surface area contributed by atoms with Crippen molar-refractivity contribution in [1.29, 1.82) is 0 Å². The largest absolute Gasteiger partial charge is 0.500 e. The van der Waals surface area contributed by atoms with Crippen LogP contribution in [0, 0.1) is 6.92 Å². The molecule has 0 fully saturated rings. The quantitative estimate of drug-likeness (QED) is 0.482. The number of ether oxygens (including phenoxy) is 1. The highest BCUT2D eigenvalue weighted by molar-refractivity contribution is 5.09. The Hall–Kier alpha value is -1.32. The maximum atomic E-state index is 11.5. The van der Waals surface area contributed by atoms with E-state index in [0.717, 1.165) is 5.69 Å². The van der Waals surface area contributed by atoms with Gasteiger partial charge in [-0.3, -0.25) is 0 Å². The lowest BCUT2D eigenvalue weighted by Gasteiger charge is -1.98. The molecule has 1 aromatic rings. The van der Waals surface area contributed by atoms with Crippen LogP contribution >= 0.6 is 0 Å². The summed E-state index contributed by atoms with van der Waals surface area (Å²) in [5.41, 5.74) is 0.927. The SMILES string of the molecule is Cc1cc2[n+](c(=O)n1C)CCO2. The fraction of sp³-hybridized carbons (Fsp3) is 0.500. The van der Waals surface area contributed by atoms with E-state index < -0.39 is 0 Å². The Kier molecular flexibility index (Phi) is 1.43. The van der Waals surface area contributed by atoms with E-state index in [-0.39, 0.29) is 5.69 Å². The summed E-state index contributed by atoms with van der Waals surface area (Å²) >= 11 is 0. The fourth-order valence-electron chi connectivity index (χ4n) is 1.35. The Morgan fingerprint density at radius 2 is 2.42 bits per heavy atom. The van der Waals surface area contributed by atoms with Crippen LogP contribution in [-0.4, -0.2) is 11.2 Å². The molecule has 2 heterocycles. The molecule has 0 unspecified atom stereocenters. The van der Waals surface area contributed by atoms with Gasteiger partial charge >= 0.3 is 5.69 Å². The minimum atomic E-state index is 0.00231. The third-order valence-corrected chi connectivity index (χ3v) is 2.21. The van der Waals surface area contributed by atoms with Gasteiger partial charge in [-0.1, -0.05) is 0 Å². The molecule has 1 aliphatic heterocycles. The van der Waals surface area contributed by atoms with E-state index in [1.807, 2.05) is 13.0 Å². The first-order chi connectivity index (χ1) is 5.70. The summed E-state index contributed by atoms with van der Waals surface area (Å²) in [6.07, 6.45) is 0. The lowest BCUT2D eigenvalue weighted by molar-refractivity contribution is -0.698. The first-order valence-corrected chi connectivity index (χ1v) is 3.93. The van der Waals surface area contributed by atoms with E-state index in [9.17, 15) is 4.79 Å². The molecule has 1 aromatic heterocycles. The number of aryl methyl sites for hydroxylation is 1. The number of nitrogens with zero attached hydrogens (tertiary/aromatic N) is 2. The molecule has 0 aliphatic carbocycles. The van der Waals surface area contributed by atoms with Gasteiger partial charge in [-0.05, 0) is 6.92 Å². The molecule has 0 saturated heterocycles. The topological polar surface area (TPSA) is 35.1 Å². The lowest BCUT2D eigenvalue weighted by Crippen LogP contribution is -2.52. The van der Waals surface area contributed by atoms with Crippen LogP contribution in [0.25, 0.3) is 0 Å². The van der Waals surface area contributed by atoms with Crippen molar-refractivity contribution in [3.8, 4) is 5.88 Å². The summed E-state index contributed by atoms with van der Waals surface area (Å²) in [5, 5.41) is 0. The molecule has 64 valence electrons. The second-order valence-corrected chi connectivity index (χ2v) is 2.97. The molecule has 2 rings (SSSR count). The van der Waals surface area contributed by atoms with Gasteiger partial charge in [0.2, 0.25) is 0 Å². The molecule has 1 aliphatic rings. The van der Waals surface area contributed by atoms with Gasteiger partial charge in [0.05, 0.1) is 13.1 Å². The first-order valence-electron chi connectivity index (χ1n) is 3.93. The Morgan fingerprint density at radius 1 is 1.67 bits per heavy atom. The standard InChI is InChI=1S/C8H11N2O2/c1-6-5-7-10(3-4-12-7)8(11)9(6)2/h5H,3-4H2,1-2H3/q+1. The molecule has 0 aromatic carbocycles. The van der Waals surface area contributed by atoms with Crippen molar-refractivity contribution in [2.24, 2.45) is 7.05 Å². The monoisotopic (exact) mass is 167 g/mol. The Morgan fingerprint density at radius 3 is 3.17 bits per heavy atom. The molecule has 0 spiro atoms. The highest BCUT2D eigenvalue weighted by Crippen LogP contribution is 2.07. The number of hydrogen-bond donors (Lipinski definition) is 0. The molecule has 0 radical (unpaired) electrons. The van der Waals surface area contributed by atoms with Crippen LogP contribution < -0.4 is 15.0 Å². The van der Waals surface area contributed by atoms with Crippen molar-refractivity contribution in [3.63, 3.8) is 0 Å². The minimum Gasteiger partial charge on any atom is -0.458 e. The zero-order chi connectivity index (χ0) is 8.72. The summed E-state index contributed by atoms with van der Waals surface area (Å²) in [6, 6.07) is 1.88. The van der Waals surface area contributed by atoms with Crippen molar-refractivity contribution < 1.29 is 9.30 Å². The van der Waals surface area contributed by atoms with E-state index in [0.29, 0.717) is 19.0 Å². The van der Waals surface area contributed by atoms with Gasteiger partial charge in [0.15, 0.2) is 0 Å². The van der Waals surface area contributed by atoms with Crippen molar-refractivity contribution in [2.75, 3.05) is 6.61 Å². The van der Waals surface area contributed by atoms with E-state index in [4.69, 9.17) is 4.74 Å². The summed E-state index contributed by atoms with van der Waals surface area (Å²) in [4.78, 5) is 11.5. The summed E-state index contributed by atoms with van der Waals surface area (Å²) in [5.74, 6) is 0.690. The molecule has 4 nitrogen and oxygen atoms in total. The van der Waals surface area contributed by atoms with Crippen LogP contribution in [0.4, 0.5) is 0 Å². The first kappa shape index (κ1) is 7.34. The molecule has 4 heteroatoms. The van der Waals surface area contributed by atoms with Gasteiger partial charge in [0.1, 0.15) is 18.8 Å². The van der Waals surface area contributed by atoms with Crippen LogP contribution in [0.5, 0.6) is 5.88 Å². The van der Waals surface area contributed by atoms with E-state index in [2.05, 4.69) is 0 Å². The Bertz CT molecular complexity index is 381. The Balaban J connectivity index is 2.76. The van der Waals surface area contributed by atoms with Gasteiger partial charge in [-0.15, -0.1) is 0 Å². The number of fused-ring (bicyclic) bond motifs is 1. The second-order valence-electron chi connectivity index (χ2n) is 2.97. The van der Waals surface area contributed by atoms with Gasteiger partial charge in [-0.2, -0.15) is 13.9 Å². The third-order valence-electron chi connectivity index (χ3n) is 2.21. The van der Waals surface area contributed by atoms with Crippen molar-refractivity contribution in [3.05, 3.63) is 22.2 Å². The number of aromatic nitrogens is 2. The van der Waals surface area contributed by atoms with Gasteiger partial charge in [0, 0.05) is 0 Å². The van der Waals surface area contributed by atoms with Crippen molar-refractivity contribution >= 4 is 0 Å². The van der Waals surface area contributed by atoms with Gasteiger partial charge in [0.25, 0.3) is 5.88 Å². The molecular formula is C8H11N2O2+. The predicted octanol–water partition coefficient (Wildman–Crippen LogP) is -0.626. The molecular weight excluding hydrogens is 156 g/mol. The maximum absolute atomic E-state index is 11.5. The highest BCUT2D eigenvalue weighted by atomic mass is 16.5. The van der Waals surface area contributed by atoms with E-state index in [1.165, 1.54) is 0 Å². The van der Waals surface area contributed by atoms with Crippen molar-refractivity contribution in [1.82, 2.24) is 4.57 Å². The molecule has 0 atom stereocenters. The summed E-state index contributed by atoms with van der Waals surface area (Å²) in [6.45, 7) is 3.17.